The van der Waals surface area contributed by atoms with E-state index >= 15 is 0 Å². The van der Waals surface area contributed by atoms with Crippen LogP contribution in [-0.2, 0) is 9.53 Å². The standard InChI is InChI=1S/C16H24N2O3.ClH/c1-11-9-13(5-6-17-11)16(19)18-7-8-20-10-14(18)15-4-3-12(2)21-15;/h3-4,11,13-14,17H,5-10H2,1-2H3;1H/t11-,13-,14?;/m0./s1. The fourth-order valence-electron chi connectivity index (χ4n) is 3.33. The maximum atomic E-state index is 12.9. The zero-order valence-electron chi connectivity index (χ0n) is 13.2. The van der Waals surface area contributed by atoms with Crippen molar-refractivity contribution in [2.75, 3.05) is 26.3 Å². The number of aryl methyl sites for hydroxylation is 1. The minimum atomic E-state index is -0.0786. The molecule has 3 atom stereocenters. The second kappa shape index (κ2) is 7.49. The monoisotopic (exact) mass is 328 g/mol. The van der Waals surface area contributed by atoms with Crippen LogP contribution in [0.25, 0.3) is 0 Å². The van der Waals surface area contributed by atoms with E-state index < -0.39 is 0 Å². The number of rotatable bonds is 2. The number of piperidine rings is 1. The molecule has 6 heteroatoms. The molecule has 3 heterocycles. The molecule has 2 fully saturated rings. The van der Waals surface area contributed by atoms with Crippen LogP contribution in [0.2, 0.25) is 0 Å². The molecule has 0 spiro atoms. The van der Waals surface area contributed by atoms with Crippen LogP contribution in [-0.4, -0.2) is 43.2 Å². The number of carbonyl (C=O) groups excluding carboxylic acids is 1. The predicted octanol–water partition coefficient (Wildman–Crippen LogP) is 2.30. The number of morpholine rings is 1. The van der Waals surface area contributed by atoms with Crippen molar-refractivity contribution >= 4 is 18.3 Å². The number of furan rings is 1. The van der Waals surface area contributed by atoms with Gasteiger partial charge in [0.2, 0.25) is 5.91 Å². The Morgan fingerprint density at radius 3 is 2.91 bits per heavy atom. The van der Waals surface area contributed by atoms with Crippen LogP contribution < -0.4 is 5.32 Å². The van der Waals surface area contributed by atoms with Gasteiger partial charge in [0.1, 0.15) is 17.6 Å². The van der Waals surface area contributed by atoms with Gasteiger partial charge < -0.3 is 19.4 Å². The highest BCUT2D eigenvalue weighted by molar-refractivity contribution is 5.85. The largest absolute Gasteiger partial charge is 0.464 e. The molecule has 2 saturated heterocycles. The smallest absolute Gasteiger partial charge is 0.226 e. The first-order chi connectivity index (χ1) is 10.1. The minimum absolute atomic E-state index is 0. The number of hydrogen-bond acceptors (Lipinski definition) is 4. The van der Waals surface area contributed by atoms with Gasteiger partial charge in [0.25, 0.3) is 0 Å². The van der Waals surface area contributed by atoms with Gasteiger partial charge in [-0.25, -0.2) is 0 Å². The summed E-state index contributed by atoms with van der Waals surface area (Å²) in [5, 5.41) is 3.40. The van der Waals surface area contributed by atoms with E-state index in [2.05, 4.69) is 12.2 Å². The average Bonchev–Trinajstić information content (AvgIpc) is 2.93. The summed E-state index contributed by atoms with van der Waals surface area (Å²) in [7, 11) is 0. The summed E-state index contributed by atoms with van der Waals surface area (Å²) in [4.78, 5) is 14.9. The Labute approximate surface area is 137 Å². The second-order valence-corrected chi connectivity index (χ2v) is 6.15. The molecule has 0 aliphatic carbocycles. The van der Waals surface area contributed by atoms with Crippen LogP contribution in [0.4, 0.5) is 0 Å². The molecule has 1 N–H and O–H groups in total. The molecule has 0 bridgehead atoms. The van der Waals surface area contributed by atoms with E-state index in [0.717, 1.165) is 30.9 Å². The molecule has 1 amide bonds. The van der Waals surface area contributed by atoms with Gasteiger partial charge in [-0.1, -0.05) is 0 Å². The van der Waals surface area contributed by atoms with Gasteiger partial charge in [-0.05, 0) is 45.4 Å². The molecular formula is C16H25ClN2O3. The fraction of sp³-hybridized carbons (Fsp3) is 0.688. The van der Waals surface area contributed by atoms with Gasteiger partial charge in [0.05, 0.1) is 13.2 Å². The summed E-state index contributed by atoms with van der Waals surface area (Å²) >= 11 is 0. The maximum absolute atomic E-state index is 12.9. The molecule has 22 heavy (non-hydrogen) atoms. The van der Waals surface area contributed by atoms with Crippen LogP contribution in [0.1, 0.15) is 37.3 Å². The van der Waals surface area contributed by atoms with Crippen molar-refractivity contribution in [3.8, 4) is 0 Å². The highest BCUT2D eigenvalue weighted by atomic mass is 35.5. The van der Waals surface area contributed by atoms with E-state index in [1.54, 1.807) is 0 Å². The number of amides is 1. The Morgan fingerprint density at radius 1 is 1.41 bits per heavy atom. The molecule has 3 rings (SSSR count). The summed E-state index contributed by atoms with van der Waals surface area (Å²) in [5.74, 6) is 2.09. The lowest BCUT2D eigenvalue weighted by molar-refractivity contribution is -0.146. The quantitative estimate of drug-likeness (QED) is 0.905. The first-order valence-corrected chi connectivity index (χ1v) is 7.83. The highest BCUT2D eigenvalue weighted by Gasteiger charge is 2.35. The Hall–Kier alpha value is -1.04. The molecule has 0 saturated carbocycles. The molecule has 1 unspecified atom stereocenters. The van der Waals surface area contributed by atoms with Crippen LogP contribution >= 0.6 is 12.4 Å². The number of ether oxygens (including phenoxy) is 1. The van der Waals surface area contributed by atoms with Gasteiger partial charge in [-0.3, -0.25) is 4.79 Å². The summed E-state index contributed by atoms with van der Waals surface area (Å²) in [5.41, 5.74) is 0. The van der Waals surface area contributed by atoms with Crippen molar-refractivity contribution in [3.05, 3.63) is 23.7 Å². The SMILES string of the molecule is Cc1ccc(C2COCCN2C(=O)[C@H]2CCN[C@@H](C)C2)o1.Cl. The van der Waals surface area contributed by atoms with Crippen molar-refractivity contribution in [2.24, 2.45) is 5.92 Å². The topological polar surface area (TPSA) is 54.7 Å². The summed E-state index contributed by atoms with van der Waals surface area (Å²) in [6.45, 7) is 6.79. The van der Waals surface area contributed by atoms with Gasteiger partial charge >= 0.3 is 0 Å². The van der Waals surface area contributed by atoms with Crippen molar-refractivity contribution in [1.82, 2.24) is 10.2 Å². The van der Waals surface area contributed by atoms with Crippen molar-refractivity contribution in [2.45, 2.75) is 38.8 Å². The number of carbonyl (C=O) groups is 1. The zero-order chi connectivity index (χ0) is 14.8. The third kappa shape index (κ3) is 3.65. The number of nitrogens with one attached hydrogen (secondary N) is 1. The number of halogens is 1. The van der Waals surface area contributed by atoms with E-state index in [1.807, 2.05) is 24.0 Å². The molecule has 1 aromatic rings. The Balaban J connectivity index is 0.00000176. The van der Waals surface area contributed by atoms with Gasteiger partial charge in [-0.2, -0.15) is 0 Å². The van der Waals surface area contributed by atoms with Crippen LogP contribution in [0.15, 0.2) is 16.5 Å². The average molecular weight is 329 g/mol. The molecule has 0 aromatic carbocycles. The Kier molecular flexibility index (Phi) is 5.89. The number of nitrogens with zero attached hydrogens (tertiary/aromatic N) is 1. The van der Waals surface area contributed by atoms with Crippen molar-refractivity contribution in [1.29, 1.82) is 0 Å². The normalized spacial score (nSPS) is 29.0. The number of hydrogen-bond donors (Lipinski definition) is 1. The molecular weight excluding hydrogens is 304 g/mol. The van der Waals surface area contributed by atoms with Crippen LogP contribution in [0.5, 0.6) is 0 Å². The van der Waals surface area contributed by atoms with Gasteiger partial charge in [0, 0.05) is 18.5 Å². The van der Waals surface area contributed by atoms with Crippen LogP contribution in [0, 0.1) is 12.8 Å². The highest BCUT2D eigenvalue weighted by Crippen LogP contribution is 2.29. The lowest BCUT2D eigenvalue weighted by atomic mass is 9.91. The van der Waals surface area contributed by atoms with Crippen molar-refractivity contribution < 1.29 is 13.9 Å². The molecule has 2 aliphatic rings. The molecule has 0 radical (unpaired) electrons. The first kappa shape index (κ1) is 17.3. The van der Waals surface area contributed by atoms with E-state index in [-0.39, 0.29) is 30.3 Å². The molecule has 5 nitrogen and oxygen atoms in total. The van der Waals surface area contributed by atoms with E-state index in [1.165, 1.54) is 0 Å². The fourth-order valence-corrected chi connectivity index (χ4v) is 3.33. The third-order valence-corrected chi connectivity index (χ3v) is 4.47. The summed E-state index contributed by atoms with van der Waals surface area (Å²) < 4.78 is 11.3. The maximum Gasteiger partial charge on any atom is 0.226 e. The minimum Gasteiger partial charge on any atom is -0.464 e. The van der Waals surface area contributed by atoms with Gasteiger partial charge in [0.15, 0.2) is 0 Å². The Bertz CT molecular complexity index is 505. The summed E-state index contributed by atoms with van der Waals surface area (Å²) in [6.07, 6.45) is 1.84. The molecule has 1 aromatic heterocycles. The summed E-state index contributed by atoms with van der Waals surface area (Å²) in [6, 6.07) is 4.24. The van der Waals surface area contributed by atoms with Crippen molar-refractivity contribution in [3.63, 3.8) is 0 Å². The molecule has 124 valence electrons. The first-order valence-electron chi connectivity index (χ1n) is 7.83. The van der Waals surface area contributed by atoms with E-state index in [0.29, 0.717) is 25.8 Å². The predicted molar refractivity (Wildman–Crippen MR) is 86.2 cm³/mol. The second-order valence-electron chi connectivity index (χ2n) is 6.15. The van der Waals surface area contributed by atoms with Crippen LogP contribution in [0.3, 0.4) is 0 Å². The van der Waals surface area contributed by atoms with E-state index in [4.69, 9.17) is 9.15 Å². The Morgan fingerprint density at radius 2 is 2.23 bits per heavy atom. The van der Waals surface area contributed by atoms with E-state index in [9.17, 15) is 4.79 Å². The molecule has 2 aliphatic heterocycles. The lowest BCUT2D eigenvalue weighted by Gasteiger charge is -2.38. The van der Waals surface area contributed by atoms with Gasteiger partial charge in [-0.15, -0.1) is 12.4 Å². The lowest BCUT2D eigenvalue weighted by Crippen LogP contribution is -2.49. The third-order valence-electron chi connectivity index (χ3n) is 4.47. The zero-order valence-corrected chi connectivity index (χ0v) is 14.0.